The van der Waals surface area contributed by atoms with E-state index in [1.807, 2.05) is 7.05 Å². The van der Waals surface area contributed by atoms with E-state index in [9.17, 15) is 8.42 Å². The molecule has 2 heterocycles. The Labute approximate surface area is 125 Å². The highest BCUT2D eigenvalue weighted by Crippen LogP contribution is 2.25. The molecule has 1 aliphatic rings. The normalized spacial score (nSPS) is 21.8. The molecular formula is C13H22ClN3O2S. The van der Waals surface area contributed by atoms with Crippen LogP contribution >= 0.6 is 11.6 Å². The Bertz CT molecular complexity index is 581. The number of sulfone groups is 1. The minimum absolute atomic E-state index is 0.220. The molecule has 0 aromatic carbocycles. The fourth-order valence-electron chi connectivity index (χ4n) is 2.63. The number of aryl methyl sites for hydroxylation is 1. The lowest BCUT2D eigenvalue weighted by atomic mass is 10.1. The molecule has 2 rings (SSSR count). The molecule has 0 spiro atoms. The van der Waals surface area contributed by atoms with Crippen LogP contribution in [-0.2, 0) is 23.4 Å². The van der Waals surface area contributed by atoms with Crippen LogP contribution in [0.25, 0.3) is 0 Å². The minimum atomic E-state index is -2.80. The van der Waals surface area contributed by atoms with Crippen molar-refractivity contribution in [2.45, 2.75) is 32.7 Å². The number of hydrogen-bond donors (Lipinski definition) is 1. The lowest BCUT2D eigenvalue weighted by Crippen LogP contribution is -2.23. The van der Waals surface area contributed by atoms with Crippen LogP contribution in [-0.4, -0.2) is 36.2 Å². The molecule has 1 N–H and O–H groups in total. The molecular weight excluding hydrogens is 298 g/mol. The highest BCUT2D eigenvalue weighted by molar-refractivity contribution is 7.91. The van der Waals surface area contributed by atoms with Crippen molar-refractivity contribution in [3.63, 3.8) is 0 Å². The van der Waals surface area contributed by atoms with E-state index in [-0.39, 0.29) is 5.92 Å². The molecule has 1 aromatic rings. The van der Waals surface area contributed by atoms with Gasteiger partial charge in [0.05, 0.1) is 17.2 Å². The molecule has 0 amide bonds. The zero-order chi connectivity index (χ0) is 14.9. The summed E-state index contributed by atoms with van der Waals surface area (Å²) in [6.07, 6.45) is 0.757. The van der Waals surface area contributed by atoms with Gasteiger partial charge < -0.3 is 5.32 Å². The highest BCUT2D eigenvalue weighted by atomic mass is 35.5. The first-order valence-electron chi connectivity index (χ1n) is 6.92. The van der Waals surface area contributed by atoms with Gasteiger partial charge >= 0.3 is 0 Å². The molecule has 7 heteroatoms. The van der Waals surface area contributed by atoms with Crippen LogP contribution in [0.5, 0.6) is 0 Å². The molecule has 114 valence electrons. The van der Waals surface area contributed by atoms with Crippen LogP contribution in [0.15, 0.2) is 0 Å². The molecule has 1 saturated heterocycles. The topological polar surface area (TPSA) is 64.0 Å². The monoisotopic (exact) mass is 319 g/mol. The number of nitrogens with zero attached hydrogens (tertiary/aromatic N) is 2. The third-order valence-electron chi connectivity index (χ3n) is 3.71. The first-order valence-corrected chi connectivity index (χ1v) is 9.12. The number of halogens is 1. The number of rotatable bonds is 5. The van der Waals surface area contributed by atoms with Crippen molar-refractivity contribution in [3.05, 3.63) is 16.4 Å². The van der Waals surface area contributed by atoms with Crippen molar-refractivity contribution in [1.29, 1.82) is 0 Å². The van der Waals surface area contributed by atoms with Crippen LogP contribution in [0.1, 0.15) is 37.4 Å². The fourth-order valence-corrected chi connectivity index (χ4v) is 4.69. The van der Waals surface area contributed by atoms with Gasteiger partial charge in [0.2, 0.25) is 0 Å². The summed E-state index contributed by atoms with van der Waals surface area (Å²) in [5.74, 6) is 1.16. The van der Waals surface area contributed by atoms with Gasteiger partial charge in [-0.15, -0.1) is 0 Å². The molecule has 1 aliphatic heterocycles. The van der Waals surface area contributed by atoms with Crippen molar-refractivity contribution in [3.8, 4) is 0 Å². The molecule has 5 nitrogen and oxygen atoms in total. The third kappa shape index (κ3) is 3.54. The summed E-state index contributed by atoms with van der Waals surface area (Å²) in [5.41, 5.74) is 2.02. The molecule has 0 bridgehead atoms. The fraction of sp³-hybridized carbons (Fsp3) is 0.769. The number of nitrogens with one attached hydrogen (secondary N) is 1. The highest BCUT2D eigenvalue weighted by Gasteiger charge is 2.27. The van der Waals surface area contributed by atoms with Gasteiger partial charge in [-0.1, -0.05) is 25.4 Å². The molecule has 20 heavy (non-hydrogen) atoms. The molecule has 0 saturated carbocycles. The zero-order valence-corrected chi connectivity index (χ0v) is 13.8. The second-order valence-electron chi connectivity index (χ2n) is 5.83. The van der Waals surface area contributed by atoms with Crippen molar-refractivity contribution in [1.82, 2.24) is 15.1 Å². The summed E-state index contributed by atoms with van der Waals surface area (Å²) < 4.78 is 24.5. The van der Waals surface area contributed by atoms with E-state index in [2.05, 4.69) is 24.3 Å². The Morgan fingerprint density at radius 1 is 1.50 bits per heavy atom. The van der Waals surface area contributed by atoms with Gasteiger partial charge in [-0.3, -0.25) is 4.68 Å². The lowest BCUT2D eigenvalue weighted by Gasteiger charge is -2.11. The molecule has 1 atom stereocenters. The van der Waals surface area contributed by atoms with E-state index in [4.69, 9.17) is 11.6 Å². The second-order valence-corrected chi connectivity index (χ2v) is 8.42. The van der Waals surface area contributed by atoms with Crippen LogP contribution < -0.4 is 5.32 Å². The summed E-state index contributed by atoms with van der Waals surface area (Å²) in [6.45, 7) is 5.52. The summed E-state index contributed by atoms with van der Waals surface area (Å²) >= 11 is 6.26. The van der Waals surface area contributed by atoms with Gasteiger partial charge in [-0.2, -0.15) is 5.10 Å². The van der Waals surface area contributed by atoms with Gasteiger partial charge in [0, 0.05) is 19.2 Å². The van der Waals surface area contributed by atoms with Crippen molar-refractivity contribution in [2.24, 2.45) is 13.0 Å². The lowest BCUT2D eigenvalue weighted by molar-refractivity contribution is 0.519. The Balaban J connectivity index is 1.95. The third-order valence-corrected chi connectivity index (χ3v) is 6.02. The SMILES string of the molecule is CC(C)c1nn(C)c(Cl)c1CNC[C@@H]1CCS(=O)(=O)C1. The van der Waals surface area contributed by atoms with Crippen molar-refractivity contribution >= 4 is 21.4 Å². The van der Waals surface area contributed by atoms with E-state index in [1.165, 1.54) is 0 Å². The average molecular weight is 320 g/mol. The summed E-state index contributed by atoms with van der Waals surface area (Å²) in [5, 5.41) is 8.41. The summed E-state index contributed by atoms with van der Waals surface area (Å²) in [4.78, 5) is 0. The largest absolute Gasteiger partial charge is 0.312 e. The Morgan fingerprint density at radius 3 is 2.75 bits per heavy atom. The first-order chi connectivity index (χ1) is 9.30. The van der Waals surface area contributed by atoms with Gasteiger partial charge in [0.1, 0.15) is 5.15 Å². The molecule has 0 aliphatic carbocycles. The summed E-state index contributed by atoms with van der Waals surface area (Å²) in [6, 6.07) is 0. The molecule has 1 fully saturated rings. The smallest absolute Gasteiger partial charge is 0.150 e. The quantitative estimate of drug-likeness (QED) is 0.897. The minimum Gasteiger partial charge on any atom is -0.312 e. The van der Waals surface area contributed by atoms with Gasteiger partial charge in [-0.05, 0) is 24.8 Å². The van der Waals surface area contributed by atoms with Crippen molar-refractivity contribution in [2.75, 3.05) is 18.1 Å². The maximum absolute atomic E-state index is 11.4. The maximum atomic E-state index is 11.4. The van der Waals surface area contributed by atoms with Crippen molar-refractivity contribution < 1.29 is 8.42 Å². The Morgan fingerprint density at radius 2 is 2.20 bits per heavy atom. The molecule has 1 aromatic heterocycles. The van der Waals surface area contributed by atoms with Crippen LogP contribution in [0, 0.1) is 5.92 Å². The average Bonchev–Trinajstić information content (AvgIpc) is 2.83. The van der Waals surface area contributed by atoms with E-state index >= 15 is 0 Å². The summed E-state index contributed by atoms with van der Waals surface area (Å²) in [7, 11) is -0.964. The predicted molar refractivity (Wildman–Crippen MR) is 80.8 cm³/mol. The molecule has 0 radical (unpaired) electrons. The Kier molecular flexibility index (Phi) is 4.76. The van der Waals surface area contributed by atoms with Gasteiger partial charge in [-0.25, -0.2) is 8.42 Å². The standard InChI is InChI=1S/C13H22ClN3O2S/c1-9(2)12-11(13(14)17(3)16-12)7-15-6-10-4-5-20(18,19)8-10/h9-10,15H,4-8H2,1-3H3/t10-/m0/s1. The van der Waals surface area contributed by atoms with E-state index < -0.39 is 9.84 Å². The molecule has 0 unspecified atom stereocenters. The van der Waals surface area contributed by atoms with Gasteiger partial charge in [0.15, 0.2) is 9.84 Å². The van der Waals surface area contributed by atoms with Crippen LogP contribution in [0.2, 0.25) is 5.15 Å². The Hall–Kier alpha value is -0.590. The van der Waals surface area contributed by atoms with Gasteiger partial charge in [0.25, 0.3) is 0 Å². The second kappa shape index (κ2) is 6.03. The van der Waals surface area contributed by atoms with Crippen LogP contribution in [0.3, 0.4) is 0 Å². The van der Waals surface area contributed by atoms with E-state index in [1.54, 1.807) is 4.68 Å². The first kappa shape index (κ1) is 15.8. The maximum Gasteiger partial charge on any atom is 0.150 e. The zero-order valence-electron chi connectivity index (χ0n) is 12.2. The van der Waals surface area contributed by atoms with E-state index in [0.717, 1.165) is 17.7 Å². The van der Waals surface area contributed by atoms with E-state index in [0.29, 0.717) is 35.7 Å². The number of aromatic nitrogens is 2. The van der Waals surface area contributed by atoms with Crippen LogP contribution in [0.4, 0.5) is 0 Å². The number of hydrogen-bond acceptors (Lipinski definition) is 4. The predicted octanol–water partition coefficient (Wildman–Crippen LogP) is 1.72.